The number of amides is 1. The molecule has 1 amide bonds. The lowest BCUT2D eigenvalue weighted by molar-refractivity contribution is -0.383. The predicted octanol–water partition coefficient (Wildman–Crippen LogP) is 2.99. The van der Waals surface area contributed by atoms with Crippen LogP contribution in [0.25, 0.3) is 0 Å². The molecule has 1 N–H and O–H groups in total. The van der Waals surface area contributed by atoms with Crippen LogP contribution in [-0.2, 0) is 11.2 Å². The number of rotatable bonds is 5. The number of ether oxygens (including phenoxy) is 1. The number of nitrogens with zero attached hydrogens (tertiary/aromatic N) is 2. The molecule has 0 saturated carbocycles. The first-order chi connectivity index (χ1) is 12.1. The fourth-order valence-corrected chi connectivity index (χ4v) is 3.13. The Bertz CT molecular complexity index is 792. The van der Waals surface area contributed by atoms with Gasteiger partial charge in [-0.15, -0.1) is 0 Å². The molecule has 3 rings (SSSR count). The minimum Gasteiger partial charge on any atom is -0.495 e. The van der Waals surface area contributed by atoms with Crippen LogP contribution in [0.1, 0.15) is 12.0 Å². The Morgan fingerprint density at radius 1 is 1.28 bits per heavy atom. The zero-order valence-electron chi connectivity index (χ0n) is 13.9. The SMILES string of the molecule is COc1cccc2c1N(CC(=O)Nc1ccccc1[N+](=O)[O-])CCC2. The molecule has 0 atom stereocenters. The third-order valence-electron chi connectivity index (χ3n) is 4.20. The van der Waals surface area contributed by atoms with E-state index in [0.29, 0.717) is 0 Å². The number of anilines is 2. The number of fused-ring (bicyclic) bond motifs is 1. The van der Waals surface area contributed by atoms with Crippen LogP contribution in [0.5, 0.6) is 5.75 Å². The Balaban J connectivity index is 1.79. The molecular formula is C18H19N3O4. The highest BCUT2D eigenvalue weighted by Crippen LogP contribution is 2.36. The number of carbonyl (C=O) groups excluding carboxylic acids is 1. The van der Waals surface area contributed by atoms with Gasteiger partial charge in [-0.1, -0.05) is 24.3 Å². The zero-order valence-corrected chi connectivity index (χ0v) is 13.9. The summed E-state index contributed by atoms with van der Waals surface area (Å²) >= 11 is 0. The molecule has 0 aliphatic carbocycles. The maximum absolute atomic E-state index is 12.4. The second kappa shape index (κ2) is 7.21. The van der Waals surface area contributed by atoms with Crippen LogP contribution in [0.2, 0.25) is 0 Å². The molecule has 7 heteroatoms. The van der Waals surface area contributed by atoms with Crippen molar-refractivity contribution in [2.75, 3.05) is 30.4 Å². The highest BCUT2D eigenvalue weighted by atomic mass is 16.6. The number of benzene rings is 2. The molecule has 2 aromatic rings. The molecule has 0 aromatic heterocycles. The molecule has 0 saturated heterocycles. The van der Waals surface area contributed by atoms with E-state index in [-0.39, 0.29) is 23.8 Å². The number of para-hydroxylation sites is 3. The highest BCUT2D eigenvalue weighted by Gasteiger charge is 2.23. The van der Waals surface area contributed by atoms with E-state index in [2.05, 4.69) is 5.32 Å². The third kappa shape index (κ3) is 3.55. The maximum Gasteiger partial charge on any atom is 0.292 e. The molecule has 0 radical (unpaired) electrons. The van der Waals surface area contributed by atoms with Crippen molar-refractivity contribution in [1.82, 2.24) is 0 Å². The van der Waals surface area contributed by atoms with E-state index in [4.69, 9.17) is 4.74 Å². The first kappa shape index (κ1) is 16.8. The van der Waals surface area contributed by atoms with Gasteiger partial charge in [0.05, 0.1) is 24.3 Å². The first-order valence-corrected chi connectivity index (χ1v) is 8.04. The second-order valence-electron chi connectivity index (χ2n) is 5.82. The van der Waals surface area contributed by atoms with E-state index in [0.717, 1.165) is 36.4 Å². The van der Waals surface area contributed by atoms with Crippen molar-refractivity contribution < 1.29 is 14.5 Å². The molecule has 0 unspecified atom stereocenters. The monoisotopic (exact) mass is 341 g/mol. The lowest BCUT2D eigenvalue weighted by atomic mass is 10.0. The van der Waals surface area contributed by atoms with Crippen molar-refractivity contribution in [3.8, 4) is 5.75 Å². The number of aryl methyl sites for hydroxylation is 1. The van der Waals surface area contributed by atoms with Gasteiger partial charge in [0.25, 0.3) is 5.69 Å². The van der Waals surface area contributed by atoms with Gasteiger partial charge in [0.1, 0.15) is 11.4 Å². The number of nitro benzene ring substituents is 1. The van der Waals surface area contributed by atoms with Crippen molar-refractivity contribution in [3.63, 3.8) is 0 Å². The van der Waals surface area contributed by atoms with Crippen LogP contribution in [0.3, 0.4) is 0 Å². The summed E-state index contributed by atoms with van der Waals surface area (Å²) in [6, 6.07) is 12.0. The fraction of sp³-hybridized carbons (Fsp3) is 0.278. The van der Waals surface area contributed by atoms with Crippen molar-refractivity contribution in [2.45, 2.75) is 12.8 Å². The highest BCUT2D eigenvalue weighted by molar-refractivity contribution is 5.96. The van der Waals surface area contributed by atoms with E-state index in [1.807, 2.05) is 23.1 Å². The summed E-state index contributed by atoms with van der Waals surface area (Å²) in [4.78, 5) is 25.0. The van der Waals surface area contributed by atoms with Crippen LogP contribution < -0.4 is 15.0 Å². The summed E-state index contributed by atoms with van der Waals surface area (Å²) < 4.78 is 5.43. The predicted molar refractivity (Wildman–Crippen MR) is 95.3 cm³/mol. The third-order valence-corrected chi connectivity index (χ3v) is 4.20. The fourth-order valence-electron chi connectivity index (χ4n) is 3.13. The molecular weight excluding hydrogens is 322 g/mol. The van der Waals surface area contributed by atoms with Gasteiger partial charge in [-0.2, -0.15) is 0 Å². The van der Waals surface area contributed by atoms with E-state index >= 15 is 0 Å². The van der Waals surface area contributed by atoms with Gasteiger partial charge in [0.15, 0.2) is 0 Å². The van der Waals surface area contributed by atoms with Gasteiger partial charge in [-0.3, -0.25) is 14.9 Å². The smallest absolute Gasteiger partial charge is 0.292 e. The molecule has 130 valence electrons. The number of nitrogens with one attached hydrogen (secondary N) is 1. The summed E-state index contributed by atoms with van der Waals surface area (Å²) in [6.45, 7) is 0.844. The quantitative estimate of drug-likeness (QED) is 0.667. The van der Waals surface area contributed by atoms with Gasteiger partial charge in [-0.05, 0) is 30.5 Å². The summed E-state index contributed by atoms with van der Waals surface area (Å²) in [5, 5.41) is 13.7. The molecule has 0 bridgehead atoms. The van der Waals surface area contributed by atoms with E-state index in [1.165, 1.54) is 12.1 Å². The Hall–Kier alpha value is -3.09. The number of carbonyl (C=O) groups is 1. The molecule has 1 heterocycles. The largest absolute Gasteiger partial charge is 0.495 e. The van der Waals surface area contributed by atoms with Gasteiger partial charge in [0, 0.05) is 12.6 Å². The maximum atomic E-state index is 12.4. The Kier molecular flexibility index (Phi) is 4.83. The Morgan fingerprint density at radius 2 is 2.08 bits per heavy atom. The number of methoxy groups -OCH3 is 1. The van der Waals surface area contributed by atoms with Gasteiger partial charge in [0.2, 0.25) is 5.91 Å². The summed E-state index contributed by atoms with van der Waals surface area (Å²) in [7, 11) is 1.61. The molecule has 0 spiro atoms. The Labute approximate surface area is 145 Å². The molecule has 25 heavy (non-hydrogen) atoms. The van der Waals surface area contributed by atoms with Gasteiger partial charge in [-0.25, -0.2) is 0 Å². The molecule has 7 nitrogen and oxygen atoms in total. The summed E-state index contributed by atoms with van der Waals surface area (Å²) in [5.41, 5.74) is 2.15. The number of hydrogen-bond acceptors (Lipinski definition) is 5. The van der Waals surface area contributed by atoms with Gasteiger partial charge < -0.3 is 15.0 Å². The zero-order chi connectivity index (χ0) is 17.8. The van der Waals surface area contributed by atoms with Crippen molar-refractivity contribution in [1.29, 1.82) is 0 Å². The second-order valence-corrected chi connectivity index (χ2v) is 5.82. The van der Waals surface area contributed by atoms with Crippen LogP contribution in [0.15, 0.2) is 42.5 Å². The lowest BCUT2D eigenvalue weighted by Gasteiger charge is -2.32. The molecule has 1 aliphatic rings. The summed E-state index contributed by atoms with van der Waals surface area (Å²) in [5.74, 6) is 0.434. The average molecular weight is 341 g/mol. The van der Waals surface area contributed by atoms with Crippen LogP contribution >= 0.6 is 0 Å². The topological polar surface area (TPSA) is 84.7 Å². The lowest BCUT2D eigenvalue weighted by Crippen LogP contribution is -2.37. The average Bonchev–Trinajstić information content (AvgIpc) is 2.61. The van der Waals surface area contributed by atoms with Crippen molar-refractivity contribution >= 4 is 23.0 Å². The molecule has 2 aromatic carbocycles. The number of hydrogen-bond donors (Lipinski definition) is 1. The van der Waals surface area contributed by atoms with E-state index < -0.39 is 4.92 Å². The normalized spacial score (nSPS) is 13.1. The molecule has 0 fully saturated rings. The van der Waals surface area contributed by atoms with Gasteiger partial charge >= 0.3 is 0 Å². The minimum absolute atomic E-state index is 0.111. The van der Waals surface area contributed by atoms with Crippen LogP contribution in [0.4, 0.5) is 17.1 Å². The van der Waals surface area contributed by atoms with E-state index in [9.17, 15) is 14.9 Å². The van der Waals surface area contributed by atoms with Crippen molar-refractivity contribution in [2.24, 2.45) is 0 Å². The standard InChI is InChI=1S/C18H19N3O4/c1-25-16-10-4-6-13-7-5-11-20(18(13)16)12-17(22)19-14-8-2-3-9-15(14)21(23)24/h2-4,6,8-10H,5,7,11-12H2,1H3,(H,19,22). The van der Waals surface area contributed by atoms with Crippen LogP contribution in [-0.4, -0.2) is 31.0 Å². The Morgan fingerprint density at radius 3 is 2.84 bits per heavy atom. The molecule has 1 aliphatic heterocycles. The first-order valence-electron chi connectivity index (χ1n) is 8.04. The summed E-state index contributed by atoms with van der Waals surface area (Å²) in [6.07, 6.45) is 1.88. The minimum atomic E-state index is -0.505. The van der Waals surface area contributed by atoms with Crippen LogP contribution in [0, 0.1) is 10.1 Å². The van der Waals surface area contributed by atoms with Crippen molar-refractivity contribution in [3.05, 3.63) is 58.1 Å². The number of nitro groups is 1. The van der Waals surface area contributed by atoms with E-state index in [1.54, 1.807) is 19.2 Å².